The van der Waals surface area contributed by atoms with Crippen LogP contribution in [0.3, 0.4) is 0 Å². The summed E-state index contributed by atoms with van der Waals surface area (Å²) in [6.07, 6.45) is 0. The number of nitrogens with zero attached hydrogens (tertiary/aromatic N) is 3. The number of para-hydroxylation sites is 1. The van der Waals surface area contributed by atoms with Gasteiger partial charge < -0.3 is 10.6 Å². The number of nitrogens with two attached hydrogens (primary N) is 1. The summed E-state index contributed by atoms with van der Waals surface area (Å²) in [5.74, 6) is 0.702. The van der Waals surface area contributed by atoms with Crippen LogP contribution < -0.4 is 10.6 Å². The molecule has 4 heteroatoms. The van der Waals surface area contributed by atoms with Gasteiger partial charge in [-0.1, -0.05) is 18.2 Å². The smallest absolute Gasteiger partial charge is 0.147 e. The minimum Gasteiger partial charge on any atom is -0.398 e. The summed E-state index contributed by atoms with van der Waals surface area (Å²) in [7, 11) is 1.93. The summed E-state index contributed by atoms with van der Waals surface area (Å²) in [6.45, 7) is 4.49. The van der Waals surface area contributed by atoms with Gasteiger partial charge in [0.25, 0.3) is 0 Å². The molecular weight excluding hydrogens is 248 g/mol. The predicted octanol–water partition coefficient (Wildman–Crippen LogP) is 2.79. The number of hydrogen-bond acceptors (Lipinski definition) is 4. The number of benzene rings is 1. The zero-order valence-electron chi connectivity index (χ0n) is 12.0. The summed E-state index contributed by atoms with van der Waals surface area (Å²) in [5, 5.41) is 9.32. The summed E-state index contributed by atoms with van der Waals surface area (Å²) in [6, 6.07) is 11.9. The topological polar surface area (TPSA) is 65.9 Å². The number of nitrogen functional groups attached to an aromatic ring is 1. The highest BCUT2D eigenvalue weighted by Gasteiger charge is 2.13. The average molecular weight is 266 g/mol. The molecule has 0 aliphatic heterocycles. The lowest BCUT2D eigenvalue weighted by atomic mass is 10.1. The Labute approximate surface area is 119 Å². The van der Waals surface area contributed by atoms with Gasteiger partial charge in [0.15, 0.2) is 0 Å². The largest absolute Gasteiger partial charge is 0.398 e. The van der Waals surface area contributed by atoms with Gasteiger partial charge in [0, 0.05) is 25.0 Å². The fourth-order valence-corrected chi connectivity index (χ4v) is 2.24. The van der Waals surface area contributed by atoms with Gasteiger partial charge in [0.1, 0.15) is 11.9 Å². The van der Waals surface area contributed by atoms with Crippen molar-refractivity contribution in [2.75, 3.05) is 17.7 Å². The molecule has 0 unspecified atom stereocenters. The number of aryl methyl sites for hydroxylation is 2. The number of rotatable bonds is 3. The SMILES string of the molecule is Cc1cc(C)c(C#N)c(N(C)Cc2ccccc2N)n1. The van der Waals surface area contributed by atoms with Crippen LogP contribution in [0.2, 0.25) is 0 Å². The Hall–Kier alpha value is -2.54. The van der Waals surface area contributed by atoms with Crippen molar-refractivity contribution >= 4 is 11.5 Å². The number of hydrogen-bond donors (Lipinski definition) is 1. The fraction of sp³-hybridized carbons (Fsp3) is 0.250. The highest BCUT2D eigenvalue weighted by Crippen LogP contribution is 2.23. The van der Waals surface area contributed by atoms with E-state index >= 15 is 0 Å². The quantitative estimate of drug-likeness (QED) is 0.867. The third kappa shape index (κ3) is 2.72. The van der Waals surface area contributed by atoms with Crippen LogP contribution in [0.15, 0.2) is 30.3 Å². The molecule has 2 rings (SSSR count). The molecule has 4 nitrogen and oxygen atoms in total. The molecule has 0 fully saturated rings. The van der Waals surface area contributed by atoms with Gasteiger partial charge in [-0.15, -0.1) is 0 Å². The molecular formula is C16H18N4. The van der Waals surface area contributed by atoms with E-state index in [4.69, 9.17) is 5.73 Å². The molecule has 0 saturated heterocycles. The maximum Gasteiger partial charge on any atom is 0.147 e. The molecule has 0 aliphatic rings. The molecule has 0 aliphatic carbocycles. The normalized spacial score (nSPS) is 10.1. The Morgan fingerprint density at radius 3 is 2.65 bits per heavy atom. The van der Waals surface area contributed by atoms with Gasteiger partial charge in [-0.25, -0.2) is 4.98 Å². The lowest BCUT2D eigenvalue weighted by Gasteiger charge is -2.21. The van der Waals surface area contributed by atoms with E-state index in [-0.39, 0.29) is 0 Å². The van der Waals surface area contributed by atoms with Gasteiger partial charge in [0.05, 0.1) is 5.56 Å². The van der Waals surface area contributed by atoms with Crippen LogP contribution >= 0.6 is 0 Å². The molecule has 0 bridgehead atoms. The van der Waals surface area contributed by atoms with Crippen LogP contribution in [-0.4, -0.2) is 12.0 Å². The molecule has 1 aromatic heterocycles. The van der Waals surface area contributed by atoms with Gasteiger partial charge >= 0.3 is 0 Å². The molecule has 1 heterocycles. The molecule has 0 amide bonds. The zero-order chi connectivity index (χ0) is 14.7. The van der Waals surface area contributed by atoms with E-state index in [1.807, 2.05) is 56.1 Å². The number of anilines is 2. The van der Waals surface area contributed by atoms with Crippen molar-refractivity contribution in [2.24, 2.45) is 0 Å². The second-order valence-electron chi connectivity index (χ2n) is 4.95. The second-order valence-corrected chi connectivity index (χ2v) is 4.95. The van der Waals surface area contributed by atoms with Crippen molar-refractivity contribution in [2.45, 2.75) is 20.4 Å². The Bertz CT molecular complexity index is 671. The van der Waals surface area contributed by atoms with Crippen LogP contribution in [0, 0.1) is 25.2 Å². The molecule has 0 saturated carbocycles. The minimum atomic E-state index is 0.618. The Morgan fingerprint density at radius 2 is 2.00 bits per heavy atom. The number of pyridine rings is 1. The Morgan fingerprint density at radius 1 is 1.30 bits per heavy atom. The summed E-state index contributed by atoms with van der Waals surface area (Å²) in [4.78, 5) is 6.46. The molecule has 0 spiro atoms. The van der Waals surface area contributed by atoms with E-state index in [1.54, 1.807) is 0 Å². The van der Waals surface area contributed by atoms with Crippen molar-refractivity contribution in [3.8, 4) is 6.07 Å². The first-order chi connectivity index (χ1) is 9.52. The fourth-order valence-electron chi connectivity index (χ4n) is 2.24. The maximum atomic E-state index is 9.32. The zero-order valence-corrected chi connectivity index (χ0v) is 12.0. The standard InChI is InChI=1S/C16H18N4/c1-11-8-12(2)19-16(14(11)9-17)20(3)10-13-6-4-5-7-15(13)18/h4-8H,10,18H2,1-3H3. The van der Waals surface area contributed by atoms with Crippen molar-refractivity contribution in [1.82, 2.24) is 4.98 Å². The summed E-state index contributed by atoms with van der Waals surface area (Å²) >= 11 is 0. The lowest BCUT2D eigenvalue weighted by molar-refractivity contribution is 0.888. The van der Waals surface area contributed by atoms with Crippen molar-refractivity contribution in [3.63, 3.8) is 0 Å². The first kappa shape index (κ1) is 13.9. The van der Waals surface area contributed by atoms with E-state index in [2.05, 4.69) is 11.1 Å². The third-order valence-corrected chi connectivity index (χ3v) is 3.26. The number of aromatic nitrogens is 1. The molecule has 20 heavy (non-hydrogen) atoms. The summed E-state index contributed by atoms with van der Waals surface area (Å²) < 4.78 is 0. The highest BCUT2D eigenvalue weighted by molar-refractivity contribution is 5.59. The maximum absolute atomic E-state index is 9.32. The predicted molar refractivity (Wildman–Crippen MR) is 81.4 cm³/mol. The van der Waals surface area contributed by atoms with Gasteiger partial charge in [-0.05, 0) is 37.1 Å². The lowest BCUT2D eigenvalue weighted by Crippen LogP contribution is -2.20. The summed E-state index contributed by atoms with van der Waals surface area (Å²) in [5.41, 5.74) is 10.2. The van der Waals surface area contributed by atoms with E-state index < -0.39 is 0 Å². The van der Waals surface area contributed by atoms with Crippen molar-refractivity contribution < 1.29 is 0 Å². The van der Waals surface area contributed by atoms with Gasteiger partial charge in [-0.2, -0.15) is 5.26 Å². The monoisotopic (exact) mass is 266 g/mol. The molecule has 0 atom stereocenters. The second kappa shape index (κ2) is 5.62. The molecule has 102 valence electrons. The highest BCUT2D eigenvalue weighted by atomic mass is 15.2. The first-order valence-corrected chi connectivity index (χ1v) is 6.45. The molecule has 2 aromatic rings. The van der Waals surface area contributed by atoms with Crippen LogP contribution in [0.25, 0.3) is 0 Å². The molecule has 2 N–H and O–H groups in total. The molecule has 1 aromatic carbocycles. The van der Waals surface area contributed by atoms with Crippen molar-refractivity contribution in [3.05, 3.63) is 52.7 Å². The minimum absolute atomic E-state index is 0.618. The van der Waals surface area contributed by atoms with Crippen LogP contribution in [0.1, 0.15) is 22.4 Å². The van der Waals surface area contributed by atoms with E-state index in [0.29, 0.717) is 17.9 Å². The Kier molecular flexibility index (Phi) is 3.90. The van der Waals surface area contributed by atoms with Crippen LogP contribution in [-0.2, 0) is 6.54 Å². The molecule has 0 radical (unpaired) electrons. The number of nitriles is 1. The van der Waals surface area contributed by atoms with E-state index in [0.717, 1.165) is 22.5 Å². The average Bonchev–Trinajstić information content (AvgIpc) is 2.40. The van der Waals surface area contributed by atoms with Gasteiger partial charge in [0.2, 0.25) is 0 Å². The third-order valence-electron chi connectivity index (χ3n) is 3.26. The van der Waals surface area contributed by atoms with Crippen molar-refractivity contribution in [1.29, 1.82) is 5.26 Å². The van der Waals surface area contributed by atoms with Crippen LogP contribution in [0.4, 0.5) is 11.5 Å². The Balaban J connectivity index is 2.37. The first-order valence-electron chi connectivity index (χ1n) is 6.45. The van der Waals surface area contributed by atoms with Gasteiger partial charge in [-0.3, -0.25) is 0 Å². The van der Waals surface area contributed by atoms with E-state index in [9.17, 15) is 5.26 Å². The van der Waals surface area contributed by atoms with E-state index in [1.165, 1.54) is 0 Å². The van der Waals surface area contributed by atoms with Crippen LogP contribution in [0.5, 0.6) is 0 Å².